The van der Waals surface area contributed by atoms with E-state index >= 15 is 0 Å². The van der Waals surface area contributed by atoms with Gasteiger partial charge in [-0.2, -0.15) is 0 Å². The molecule has 9 nitrogen and oxygen atoms in total. The van der Waals surface area contributed by atoms with E-state index < -0.39 is 30.2 Å². The predicted octanol–water partition coefficient (Wildman–Crippen LogP) is 2.32. The second-order valence-corrected chi connectivity index (χ2v) is 7.46. The van der Waals surface area contributed by atoms with E-state index in [4.69, 9.17) is 18.9 Å². The lowest BCUT2D eigenvalue weighted by atomic mass is 9.86. The molecule has 32 heavy (non-hydrogen) atoms. The third-order valence-electron chi connectivity index (χ3n) is 5.84. The van der Waals surface area contributed by atoms with E-state index in [0.717, 1.165) is 5.56 Å². The summed E-state index contributed by atoms with van der Waals surface area (Å²) in [5, 5.41) is 0. The number of ether oxygens (including phenoxy) is 4. The van der Waals surface area contributed by atoms with Crippen LogP contribution in [0.15, 0.2) is 48.5 Å². The molecule has 2 aromatic rings. The molecule has 4 rings (SSSR count). The minimum absolute atomic E-state index is 0.141. The molecule has 2 heterocycles. The lowest BCUT2D eigenvalue weighted by Gasteiger charge is -2.50. The van der Waals surface area contributed by atoms with Gasteiger partial charge in [0.25, 0.3) is 0 Å². The molecule has 0 aromatic heterocycles. The Hall–Kier alpha value is -3.75. The van der Waals surface area contributed by atoms with Gasteiger partial charge >= 0.3 is 12.1 Å². The molecule has 0 saturated carbocycles. The van der Waals surface area contributed by atoms with Crippen molar-refractivity contribution in [1.82, 2.24) is 9.80 Å². The average molecular weight is 440 g/mol. The molecule has 3 atom stereocenters. The summed E-state index contributed by atoms with van der Waals surface area (Å²) in [5.74, 6) is 0.103. The van der Waals surface area contributed by atoms with Gasteiger partial charge in [-0.3, -0.25) is 14.5 Å². The molecule has 0 N–H and O–H groups in total. The number of hydrogen-bond acceptors (Lipinski definition) is 7. The number of carbonyl (C=O) groups is 3. The van der Waals surface area contributed by atoms with Gasteiger partial charge in [0.1, 0.15) is 19.2 Å². The van der Waals surface area contributed by atoms with Crippen LogP contribution in [0.5, 0.6) is 11.5 Å². The number of rotatable bonds is 7. The van der Waals surface area contributed by atoms with Crippen LogP contribution in [0.4, 0.5) is 4.79 Å². The highest BCUT2D eigenvalue weighted by Crippen LogP contribution is 2.45. The summed E-state index contributed by atoms with van der Waals surface area (Å²) in [6, 6.07) is 12.8. The highest BCUT2D eigenvalue weighted by Gasteiger charge is 2.57. The van der Waals surface area contributed by atoms with Gasteiger partial charge in [-0.1, -0.05) is 36.4 Å². The lowest BCUT2D eigenvalue weighted by Crippen LogP contribution is -2.66. The van der Waals surface area contributed by atoms with Gasteiger partial charge in [-0.15, -0.1) is 0 Å². The molecule has 0 spiro atoms. The van der Waals surface area contributed by atoms with Gasteiger partial charge < -0.3 is 23.8 Å². The van der Waals surface area contributed by atoms with Crippen molar-refractivity contribution in [2.45, 2.75) is 18.1 Å². The van der Waals surface area contributed by atoms with E-state index in [1.54, 1.807) is 18.2 Å². The first kappa shape index (κ1) is 21.5. The minimum Gasteiger partial charge on any atom is -0.493 e. The number of amides is 2. The van der Waals surface area contributed by atoms with Crippen LogP contribution in [-0.2, 0) is 19.1 Å². The van der Waals surface area contributed by atoms with Crippen LogP contribution in [-0.4, -0.2) is 68.3 Å². The van der Waals surface area contributed by atoms with Crippen LogP contribution in [0.3, 0.4) is 0 Å². The second kappa shape index (κ2) is 8.78. The quantitative estimate of drug-likeness (QED) is 0.482. The van der Waals surface area contributed by atoms with Crippen LogP contribution in [0.2, 0.25) is 0 Å². The van der Waals surface area contributed by atoms with Crippen LogP contribution < -0.4 is 9.47 Å². The smallest absolute Gasteiger partial charge is 0.411 e. The topological polar surface area (TPSA) is 94.6 Å². The largest absolute Gasteiger partial charge is 0.493 e. The fourth-order valence-electron chi connectivity index (χ4n) is 4.25. The van der Waals surface area contributed by atoms with Crippen molar-refractivity contribution in [2.24, 2.45) is 0 Å². The van der Waals surface area contributed by atoms with Gasteiger partial charge in [0.05, 0.1) is 33.4 Å². The summed E-state index contributed by atoms with van der Waals surface area (Å²) >= 11 is 0. The number of likely N-dealkylation sites (tertiary alicyclic amines) is 1. The Kier molecular flexibility index (Phi) is 5.89. The zero-order valence-electron chi connectivity index (χ0n) is 18.0. The van der Waals surface area contributed by atoms with E-state index in [-0.39, 0.29) is 19.1 Å². The van der Waals surface area contributed by atoms with Gasteiger partial charge in [0, 0.05) is 0 Å². The highest BCUT2D eigenvalue weighted by molar-refractivity contribution is 5.95. The van der Waals surface area contributed by atoms with E-state index in [0.29, 0.717) is 17.1 Å². The highest BCUT2D eigenvalue weighted by atomic mass is 16.6. The number of esters is 1. The van der Waals surface area contributed by atoms with Crippen molar-refractivity contribution in [1.29, 1.82) is 0 Å². The normalized spacial score (nSPS) is 22.3. The maximum atomic E-state index is 13.2. The maximum absolute atomic E-state index is 13.2. The molecule has 168 valence electrons. The van der Waals surface area contributed by atoms with Gasteiger partial charge in [0.15, 0.2) is 11.5 Å². The Labute approximate surface area is 185 Å². The zero-order valence-corrected chi connectivity index (χ0v) is 18.0. The molecule has 2 saturated heterocycles. The molecule has 0 bridgehead atoms. The molecular weight excluding hydrogens is 416 g/mol. The summed E-state index contributed by atoms with van der Waals surface area (Å²) in [7, 11) is 4.31. The zero-order chi connectivity index (χ0) is 22.8. The number of hydrogen-bond donors (Lipinski definition) is 0. The van der Waals surface area contributed by atoms with Crippen LogP contribution in [0.25, 0.3) is 0 Å². The van der Waals surface area contributed by atoms with Gasteiger partial charge in [-0.25, -0.2) is 4.79 Å². The van der Waals surface area contributed by atoms with Crippen molar-refractivity contribution in [3.63, 3.8) is 0 Å². The summed E-state index contributed by atoms with van der Waals surface area (Å²) in [6.07, 6.45) is -0.569. The number of methoxy groups -OCH3 is 3. The monoisotopic (exact) mass is 440 g/mol. The first-order chi connectivity index (χ1) is 15.5. The maximum Gasteiger partial charge on any atom is 0.411 e. The van der Waals surface area contributed by atoms with E-state index in [1.165, 1.54) is 31.1 Å². The van der Waals surface area contributed by atoms with Crippen molar-refractivity contribution in [3.8, 4) is 11.5 Å². The predicted molar refractivity (Wildman–Crippen MR) is 112 cm³/mol. The number of β-lactam (4-membered cyclic amide) rings is 1. The summed E-state index contributed by atoms with van der Waals surface area (Å²) < 4.78 is 20.8. The van der Waals surface area contributed by atoms with Crippen LogP contribution in [0.1, 0.15) is 23.2 Å². The third-order valence-corrected chi connectivity index (χ3v) is 5.84. The fourth-order valence-corrected chi connectivity index (χ4v) is 4.25. The Balaban J connectivity index is 1.73. The van der Waals surface area contributed by atoms with Crippen molar-refractivity contribution in [3.05, 3.63) is 59.7 Å². The molecule has 2 aliphatic heterocycles. The average Bonchev–Trinajstić information content (AvgIpc) is 3.20. The Morgan fingerprint density at radius 2 is 1.69 bits per heavy atom. The van der Waals surface area contributed by atoms with E-state index in [2.05, 4.69) is 0 Å². The molecule has 2 aromatic carbocycles. The molecule has 0 unspecified atom stereocenters. The van der Waals surface area contributed by atoms with Crippen molar-refractivity contribution >= 4 is 18.0 Å². The van der Waals surface area contributed by atoms with Gasteiger partial charge in [-0.05, 0) is 23.3 Å². The molecule has 9 heteroatoms. The first-order valence-electron chi connectivity index (χ1n) is 10.1. The Bertz CT molecular complexity index is 1030. The molecule has 2 aliphatic rings. The standard InChI is InChI=1S/C23H24N2O7/c1-29-17-10-9-15(11-18(17)30-2)20-21(22(27)24(20)12-19(26)31-3)25-16(13-32-23(25)28)14-7-5-4-6-8-14/h4-11,16,20-21H,12-13H2,1-3H3/t16-,20-,21+/m1/s1. The fraction of sp³-hybridized carbons (Fsp3) is 0.348. The number of benzene rings is 2. The van der Waals surface area contributed by atoms with Crippen molar-refractivity contribution in [2.75, 3.05) is 34.5 Å². The van der Waals surface area contributed by atoms with E-state index in [1.807, 2.05) is 30.3 Å². The molecular formula is C23H24N2O7. The van der Waals surface area contributed by atoms with Crippen LogP contribution in [0, 0.1) is 0 Å². The Morgan fingerprint density at radius 3 is 2.34 bits per heavy atom. The number of cyclic esters (lactones) is 1. The minimum atomic E-state index is -0.835. The molecule has 2 amide bonds. The van der Waals surface area contributed by atoms with E-state index in [9.17, 15) is 14.4 Å². The summed E-state index contributed by atoms with van der Waals surface area (Å²) in [4.78, 5) is 40.7. The van der Waals surface area contributed by atoms with Gasteiger partial charge in [0.2, 0.25) is 5.91 Å². The first-order valence-corrected chi connectivity index (χ1v) is 10.1. The van der Waals surface area contributed by atoms with Crippen LogP contribution >= 0.6 is 0 Å². The molecule has 0 aliphatic carbocycles. The lowest BCUT2D eigenvalue weighted by molar-refractivity contribution is -0.165. The Morgan fingerprint density at radius 1 is 0.969 bits per heavy atom. The number of nitrogens with zero attached hydrogens (tertiary/aromatic N) is 2. The van der Waals surface area contributed by atoms with Crippen molar-refractivity contribution < 1.29 is 33.3 Å². The molecule has 2 fully saturated rings. The second-order valence-electron chi connectivity index (χ2n) is 7.46. The third kappa shape index (κ3) is 3.59. The SMILES string of the molecule is COC(=O)CN1C(=O)[C@@H](N2C(=O)OC[C@@H]2c2ccccc2)[C@H]1c1ccc(OC)c(OC)c1. The summed E-state index contributed by atoms with van der Waals surface area (Å²) in [5.41, 5.74) is 1.56. The number of carbonyl (C=O) groups excluding carboxylic acids is 3. The molecule has 0 radical (unpaired) electrons. The summed E-state index contributed by atoms with van der Waals surface area (Å²) in [6.45, 7) is -0.0913.